The smallest absolute Gasteiger partial charge is 0.408 e. The summed E-state index contributed by atoms with van der Waals surface area (Å²) in [4.78, 5) is 223. The highest BCUT2D eigenvalue weighted by Crippen LogP contribution is 2.47. The molecule has 16 N–H and O–H groups in total. The van der Waals surface area contributed by atoms with E-state index in [1.165, 1.54) is 9.80 Å². The lowest BCUT2D eigenvalue weighted by Crippen LogP contribution is -2.59. The number of ketones is 1. The molecule has 14 fully saturated rings. The number of likely N-dealkylation sites (tertiary alicyclic amines) is 7. The molecule has 7 saturated carbocycles. The van der Waals surface area contributed by atoms with E-state index in [2.05, 4.69) is 52.2 Å². The van der Waals surface area contributed by atoms with Crippen LogP contribution in [0.2, 0.25) is 0 Å². The summed E-state index contributed by atoms with van der Waals surface area (Å²) >= 11 is 0. The van der Waals surface area contributed by atoms with Crippen LogP contribution < -0.4 is 57.2 Å². The number of carboxylic acids is 1. The first-order valence-electron chi connectivity index (χ1n) is 51.4. The van der Waals surface area contributed by atoms with Gasteiger partial charge in [0.15, 0.2) is 12.2 Å². The molecule has 16 atom stereocenters. The number of alkyl carbamates (subject to hydrolysis) is 1. The van der Waals surface area contributed by atoms with Crippen molar-refractivity contribution in [2.24, 2.45) is 41.2 Å². The van der Waals surface area contributed by atoms with E-state index in [9.17, 15) is 97.1 Å². The van der Waals surface area contributed by atoms with Gasteiger partial charge in [-0.2, -0.15) is 0 Å². The maximum absolute atomic E-state index is 14.0. The second-order valence-electron chi connectivity index (χ2n) is 42.1. The average molecular weight is 2050 g/mol. The van der Waals surface area contributed by atoms with Gasteiger partial charge < -0.3 is 132 Å². The minimum Gasteiger partial charge on any atom is -0.496 e. The van der Waals surface area contributed by atoms with Crippen molar-refractivity contribution in [2.75, 3.05) is 93.3 Å². The van der Waals surface area contributed by atoms with Crippen molar-refractivity contribution in [3.05, 3.63) is 89.9 Å². The molecule has 42 nitrogen and oxygen atoms in total. The number of halogens is 1. The lowest BCUT2D eigenvalue weighted by molar-refractivity contribution is -0.143. The third-order valence-electron chi connectivity index (χ3n) is 30.4. The third-order valence-corrected chi connectivity index (χ3v) is 30.4. The molecule has 792 valence electrons. The molecule has 43 heteroatoms. The number of methoxy groups -OCH3 is 3. The number of amides is 14. The average Bonchev–Trinajstić information content (AvgIpc) is 1.62. The van der Waals surface area contributed by atoms with Gasteiger partial charge in [-0.05, 0) is 226 Å². The number of benzene rings is 3. The van der Waals surface area contributed by atoms with Crippen LogP contribution in [0, 0.1) is 35.5 Å². The van der Waals surface area contributed by atoms with Crippen LogP contribution in [0.3, 0.4) is 0 Å². The van der Waals surface area contributed by atoms with Crippen LogP contribution in [-0.4, -0.2) is 348 Å². The van der Waals surface area contributed by atoms with Gasteiger partial charge in [-0.3, -0.25) is 67.1 Å². The molecule has 3 aromatic heterocycles. The highest BCUT2D eigenvalue weighted by atomic mass is 35.5. The van der Waals surface area contributed by atoms with Gasteiger partial charge in [-0.1, -0.05) is 37.5 Å². The van der Waals surface area contributed by atoms with Crippen LogP contribution in [0.15, 0.2) is 72.8 Å². The van der Waals surface area contributed by atoms with Gasteiger partial charge in [0.05, 0.1) is 39.5 Å². The Bertz CT molecular complexity index is 5850. The molecule has 0 spiro atoms. The van der Waals surface area contributed by atoms with E-state index in [-0.39, 0.29) is 134 Å². The lowest BCUT2D eigenvalue weighted by atomic mass is 9.93. The first kappa shape index (κ1) is 108. The number of ether oxygens (including phenoxy) is 4. The van der Waals surface area contributed by atoms with Crippen molar-refractivity contribution in [2.45, 2.75) is 272 Å². The zero-order chi connectivity index (χ0) is 103. The fraction of sp³-hybridized carbons (Fsp3) is 0.612. The summed E-state index contributed by atoms with van der Waals surface area (Å²) in [6, 6.07) is 16.2. The number of nitrogens with one attached hydrogen (secondary N) is 10. The zero-order valence-corrected chi connectivity index (χ0v) is 84.3. The number of nitrogens with two attached hydrogens (primary N) is 1. The van der Waals surface area contributed by atoms with Crippen LogP contribution in [0.5, 0.6) is 17.2 Å². The minimum atomic E-state index is -1.51. The van der Waals surface area contributed by atoms with E-state index in [4.69, 9.17) is 24.7 Å². The Morgan fingerprint density at radius 2 is 0.747 bits per heavy atom. The molecule has 20 rings (SSSR count). The van der Waals surface area contributed by atoms with Gasteiger partial charge in [0.1, 0.15) is 70.2 Å². The highest BCUT2D eigenvalue weighted by molar-refractivity contribution is 6.38. The van der Waals surface area contributed by atoms with Crippen LogP contribution in [-0.2, 0) is 62.3 Å². The normalized spacial score (nSPS) is 24.2. The molecule has 10 heterocycles. The summed E-state index contributed by atoms with van der Waals surface area (Å²) < 4.78 is 21.4. The fourth-order valence-corrected chi connectivity index (χ4v) is 22.3. The Morgan fingerprint density at radius 1 is 0.418 bits per heavy atom. The standard InChI is InChI=1S/C29H37N5O6.C29H35N5O6.C18H20N2O4.C16H27N3O5.C11H19N3O3.ClH/c2*1-40-23-8-3-7-20-19(23)13-21(31-20)29(39)34-14-16-5-2-6-18(16)25(34)27(37)32-22(15-33-12-4-9-24(33)35)26(36)28(38)30-17-10-11-17;1-24-15-7-3-6-13-12(15)8-14(19-13)17(21)20-9-10-4-2-5-11(10)16(20)18(22)23;1-16(2,3)24-15(23)18-11(9-19-8-4-5-12(19)20)13(21)14(22)17-10-6-7-10;12-8(6-14-5-1-2-9(14)15)10(16)11(17)13-7-3-4-7;/h3,7-8,13,16-18,22,25-26,31,36H,2,4-6,9-12,14-15H2,1H3,(H,30,38)(H,32,37);3,7-8,13,16-18,22,25,31H,2,4-6,9-12,14-15H2,1H3,(H,30,38)(H,32,37);3,6-8,10-11,16,19H,2,4-5,9H2,1H3,(H,22,23);10-11,13,21H,4-9H2,1-3H3,(H,17,22)(H,18,23);7-8,10,16H,1-6,12H2,(H,13,17);1H/t16-,18-,22-,25-,26?;16-,18-,22-,25-;10-,11-,16-;11-,13?;8-,10?;/m00000./s1. The molecule has 146 heavy (non-hydrogen) atoms. The molecule has 3 aromatic carbocycles. The molecule has 7 aliphatic heterocycles. The van der Waals surface area contributed by atoms with Crippen molar-refractivity contribution in [3.8, 4) is 17.2 Å². The number of aromatic nitrogens is 3. The molecule has 14 aliphatic rings. The van der Waals surface area contributed by atoms with Crippen molar-refractivity contribution in [1.82, 2.24) is 86.5 Å². The number of carbonyl (C=O) groups excluding carboxylic acids is 15. The van der Waals surface area contributed by atoms with E-state index in [1.807, 2.05) is 54.6 Å². The van der Waals surface area contributed by atoms with Gasteiger partial charge >= 0.3 is 12.1 Å². The molecular formula is C103H139ClN18O24. The number of fused-ring (bicyclic) bond motifs is 6. The molecule has 7 aliphatic carbocycles. The Balaban J connectivity index is 0.000000141. The number of aromatic amines is 3. The Morgan fingerprint density at radius 3 is 1.09 bits per heavy atom. The van der Waals surface area contributed by atoms with E-state index in [0.29, 0.717) is 125 Å². The molecule has 7 saturated heterocycles. The number of H-pyrrole nitrogens is 3. The lowest BCUT2D eigenvalue weighted by Gasteiger charge is -2.32. The quantitative estimate of drug-likeness (QED) is 0.0263. The monoisotopic (exact) mass is 2050 g/mol. The number of carboxylic acid groups (broad SMARTS) is 1. The largest absolute Gasteiger partial charge is 0.496 e. The molecule has 6 aromatic rings. The zero-order valence-electron chi connectivity index (χ0n) is 83.5. The predicted octanol–water partition coefficient (Wildman–Crippen LogP) is 4.18. The molecular weight excluding hydrogens is 1910 g/mol. The molecule has 0 radical (unpaired) electrons. The summed E-state index contributed by atoms with van der Waals surface area (Å²) in [5.74, 6) is -2.99. The molecule has 0 bridgehead atoms. The van der Waals surface area contributed by atoms with Gasteiger partial charge in [0, 0.05) is 155 Å². The van der Waals surface area contributed by atoms with Crippen LogP contribution in [0.4, 0.5) is 4.79 Å². The Hall–Kier alpha value is -12.7. The Kier molecular flexibility index (Phi) is 34.6. The molecule has 3 unspecified atom stereocenters. The summed E-state index contributed by atoms with van der Waals surface area (Å²) in [6.07, 6.45) is 15.3. The minimum absolute atomic E-state index is 0. The van der Waals surface area contributed by atoms with E-state index in [1.54, 1.807) is 84.8 Å². The Labute approximate surface area is 851 Å². The van der Waals surface area contributed by atoms with Crippen molar-refractivity contribution in [3.63, 3.8) is 0 Å². The number of aliphatic hydroxyl groups is 3. The number of nitrogens with zero attached hydrogens (tertiary/aromatic N) is 7. The van der Waals surface area contributed by atoms with Gasteiger partial charge in [0.25, 0.3) is 41.4 Å². The van der Waals surface area contributed by atoms with Crippen LogP contribution >= 0.6 is 12.4 Å². The fourth-order valence-electron chi connectivity index (χ4n) is 22.3. The SMILES string of the molecule is CC(C)(C)OC(=O)N[C@@H](CN1CCCC1=O)C(O)C(=O)NC1CC1.COc1cccc2[nH]c(C(=O)N3C[C@@H]4CCC[C@@H]4[C@H]3C(=O)N[C@@H](CN3CCCC3=O)C(=O)C(=O)NC3CC3)cc12.COc1cccc2[nH]c(C(=O)N3C[C@@H]4CCC[C@@H]4[C@H]3C(=O)N[C@@H](CN3CCCC3=O)C(O)C(=O)NC3CC3)cc12.COc1cccc2[nH]c(C(=O)N3C[C@@H]4CCC[C@@H]4[C@H]3C(=O)O)cc12.Cl.N[C@@H](CN1CCCC1=O)C(O)C(=O)NC1CC1. The number of aliphatic carboxylic acids is 1. The third kappa shape index (κ3) is 25.8. The van der Waals surface area contributed by atoms with Crippen LogP contribution in [0.1, 0.15) is 213 Å². The number of aliphatic hydroxyl groups excluding tert-OH is 3. The molecule has 14 amide bonds. The van der Waals surface area contributed by atoms with Crippen molar-refractivity contribution in [1.29, 1.82) is 0 Å². The van der Waals surface area contributed by atoms with Crippen molar-refractivity contribution >= 4 is 140 Å². The predicted molar refractivity (Wildman–Crippen MR) is 532 cm³/mol. The van der Waals surface area contributed by atoms with E-state index >= 15 is 0 Å². The number of carbonyl (C=O) groups is 16. The van der Waals surface area contributed by atoms with E-state index < -0.39 is 119 Å². The maximum atomic E-state index is 14.0. The van der Waals surface area contributed by atoms with Crippen molar-refractivity contribution < 1.29 is 116 Å². The topological polar surface area (TPSA) is 571 Å². The summed E-state index contributed by atoms with van der Waals surface area (Å²) in [5.41, 5.74) is 8.54. The number of Topliss-reactive ketones (excluding diaryl/α,β-unsaturated/α-hetero) is 1. The van der Waals surface area contributed by atoms with Crippen LogP contribution in [0.25, 0.3) is 32.7 Å². The summed E-state index contributed by atoms with van der Waals surface area (Å²) in [6.45, 7) is 9.15. The summed E-state index contributed by atoms with van der Waals surface area (Å²) in [5, 5.41) is 62.2. The number of hydrogen-bond acceptors (Lipinski definition) is 24. The second-order valence-corrected chi connectivity index (χ2v) is 42.1. The highest BCUT2D eigenvalue weighted by Gasteiger charge is 2.55. The first-order valence-corrected chi connectivity index (χ1v) is 51.4. The number of rotatable bonds is 32. The van der Waals surface area contributed by atoms with Gasteiger partial charge in [-0.15, -0.1) is 12.4 Å². The van der Waals surface area contributed by atoms with Gasteiger partial charge in [-0.25, -0.2) is 9.59 Å². The maximum Gasteiger partial charge on any atom is 0.408 e. The summed E-state index contributed by atoms with van der Waals surface area (Å²) in [7, 11) is 4.74. The van der Waals surface area contributed by atoms with E-state index in [0.717, 1.165) is 155 Å². The number of hydrogen-bond donors (Lipinski definition) is 15. The second kappa shape index (κ2) is 47.0. The van der Waals surface area contributed by atoms with Gasteiger partial charge in [0.2, 0.25) is 41.2 Å². The first-order chi connectivity index (χ1) is 69.5.